The van der Waals surface area contributed by atoms with Crippen LogP contribution in [-0.4, -0.2) is 13.7 Å². The molecule has 126 valence electrons. The number of benzene rings is 1. The molecule has 0 aliphatic rings. The van der Waals surface area contributed by atoms with Crippen molar-refractivity contribution in [1.29, 1.82) is 0 Å². The summed E-state index contributed by atoms with van der Waals surface area (Å²) in [5.41, 5.74) is 1.12. The molecular weight excluding hydrogens is 272 g/mol. The Bertz CT molecular complexity index is 377. The van der Waals surface area contributed by atoms with Crippen LogP contribution >= 0.6 is 0 Å². The molecule has 0 heterocycles. The van der Waals surface area contributed by atoms with Crippen LogP contribution in [0.3, 0.4) is 0 Å². The Hall–Kier alpha value is -0.860. The first-order valence-corrected chi connectivity index (χ1v) is 8.95. The number of hydrogen-bond donors (Lipinski definition) is 0. The minimum atomic E-state index is -0.612. The van der Waals surface area contributed by atoms with Crippen molar-refractivity contribution in [3.05, 3.63) is 35.9 Å². The number of unbranched alkanes of at least 4 members (excludes halogenated alkanes) is 5. The van der Waals surface area contributed by atoms with Gasteiger partial charge in [-0.2, -0.15) is 0 Å². The maximum atomic E-state index is 6.10. The summed E-state index contributed by atoms with van der Waals surface area (Å²) in [6.07, 6.45) is 9.07. The third-order valence-corrected chi connectivity index (χ3v) is 4.48. The second kappa shape index (κ2) is 10.8. The first-order valence-electron chi connectivity index (χ1n) is 8.95. The predicted molar refractivity (Wildman–Crippen MR) is 93.9 cm³/mol. The summed E-state index contributed by atoms with van der Waals surface area (Å²) < 4.78 is 12.0. The van der Waals surface area contributed by atoms with Gasteiger partial charge in [0.25, 0.3) is 0 Å². The van der Waals surface area contributed by atoms with Gasteiger partial charge >= 0.3 is 0 Å². The second-order valence-electron chi connectivity index (χ2n) is 6.13. The highest BCUT2D eigenvalue weighted by molar-refractivity contribution is 5.21. The van der Waals surface area contributed by atoms with E-state index >= 15 is 0 Å². The average Bonchev–Trinajstić information content (AvgIpc) is 2.56. The fourth-order valence-electron chi connectivity index (χ4n) is 3.19. The van der Waals surface area contributed by atoms with Gasteiger partial charge < -0.3 is 9.47 Å². The Labute approximate surface area is 137 Å². The SMILES string of the molecule is CCCCCCCCC(C)C(OC)(OCC)c1ccccc1. The second-order valence-corrected chi connectivity index (χ2v) is 6.13. The summed E-state index contributed by atoms with van der Waals surface area (Å²) in [6.45, 7) is 7.20. The van der Waals surface area contributed by atoms with Crippen LogP contribution < -0.4 is 0 Å². The number of ether oxygens (including phenoxy) is 2. The first-order chi connectivity index (χ1) is 10.7. The standard InChI is InChI=1S/C20H34O2/c1-5-7-8-9-10-12-15-18(3)20(21-4,22-6-2)19-16-13-11-14-17-19/h11,13-14,16-18H,5-10,12,15H2,1-4H3. The van der Waals surface area contributed by atoms with Crippen molar-refractivity contribution in [2.24, 2.45) is 5.92 Å². The minimum Gasteiger partial charge on any atom is -0.349 e. The molecule has 2 unspecified atom stereocenters. The first kappa shape index (κ1) is 19.2. The van der Waals surface area contributed by atoms with Crippen molar-refractivity contribution < 1.29 is 9.47 Å². The normalized spacial score (nSPS) is 15.5. The molecule has 2 nitrogen and oxygen atoms in total. The zero-order chi connectivity index (χ0) is 16.3. The quantitative estimate of drug-likeness (QED) is 0.353. The van der Waals surface area contributed by atoms with Crippen LogP contribution in [0.4, 0.5) is 0 Å². The zero-order valence-electron chi connectivity index (χ0n) is 14.9. The van der Waals surface area contributed by atoms with Crippen molar-refractivity contribution in [2.75, 3.05) is 13.7 Å². The molecule has 0 saturated carbocycles. The van der Waals surface area contributed by atoms with E-state index in [1.54, 1.807) is 7.11 Å². The van der Waals surface area contributed by atoms with Crippen LogP contribution in [0.5, 0.6) is 0 Å². The summed E-state index contributed by atoms with van der Waals surface area (Å²) in [5, 5.41) is 0. The predicted octanol–water partition coefficient (Wildman–Crippen LogP) is 5.91. The van der Waals surface area contributed by atoms with Crippen LogP contribution in [0, 0.1) is 5.92 Å². The third kappa shape index (κ3) is 5.40. The molecule has 1 aromatic rings. The topological polar surface area (TPSA) is 18.5 Å². The van der Waals surface area contributed by atoms with Gasteiger partial charge in [-0.05, 0) is 13.3 Å². The lowest BCUT2D eigenvalue weighted by atomic mass is 9.88. The molecule has 0 spiro atoms. The lowest BCUT2D eigenvalue weighted by Gasteiger charge is -2.38. The number of methoxy groups -OCH3 is 1. The Morgan fingerprint density at radius 1 is 0.955 bits per heavy atom. The summed E-state index contributed by atoms with van der Waals surface area (Å²) >= 11 is 0. The summed E-state index contributed by atoms with van der Waals surface area (Å²) in [4.78, 5) is 0. The summed E-state index contributed by atoms with van der Waals surface area (Å²) in [5.74, 6) is -0.273. The van der Waals surface area contributed by atoms with E-state index < -0.39 is 5.79 Å². The molecule has 0 amide bonds. The lowest BCUT2D eigenvalue weighted by Crippen LogP contribution is -2.39. The van der Waals surface area contributed by atoms with E-state index in [0.29, 0.717) is 12.5 Å². The van der Waals surface area contributed by atoms with Crippen molar-refractivity contribution in [2.45, 2.75) is 71.5 Å². The highest BCUT2D eigenvalue weighted by Crippen LogP contribution is 2.37. The van der Waals surface area contributed by atoms with Gasteiger partial charge in [0.2, 0.25) is 0 Å². The van der Waals surface area contributed by atoms with Crippen LogP contribution in [-0.2, 0) is 15.3 Å². The molecule has 0 saturated heterocycles. The molecule has 2 heteroatoms. The van der Waals surface area contributed by atoms with Crippen molar-refractivity contribution >= 4 is 0 Å². The van der Waals surface area contributed by atoms with Crippen molar-refractivity contribution in [3.63, 3.8) is 0 Å². The van der Waals surface area contributed by atoms with E-state index in [2.05, 4.69) is 38.1 Å². The molecule has 0 aliphatic heterocycles. The monoisotopic (exact) mass is 306 g/mol. The van der Waals surface area contributed by atoms with Gasteiger partial charge in [0.15, 0.2) is 5.79 Å². The molecule has 0 aliphatic carbocycles. The maximum absolute atomic E-state index is 6.10. The van der Waals surface area contributed by atoms with E-state index in [1.807, 2.05) is 13.0 Å². The Morgan fingerprint density at radius 3 is 2.18 bits per heavy atom. The highest BCUT2D eigenvalue weighted by Gasteiger charge is 2.38. The molecule has 1 aromatic carbocycles. The van der Waals surface area contributed by atoms with E-state index in [4.69, 9.17) is 9.47 Å². The molecule has 0 aromatic heterocycles. The van der Waals surface area contributed by atoms with Gasteiger partial charge in [-0.15, -0.1) is 0 Å². The van der Waals surface area contributed by atoms with Crippen LogP contribution in [0.15, 0.2) is 30.3 Å². The number of rotatable bonds is 12. The third-order valence-electron chi connectivity index (χ3n) is 4.48. The molecule has 0 radical (unpaired) electrons. The molecule has 0 N–H and O–H groups in total. The Kier molecular flexibility index (Phi) is 9.42. The summed E-state index contributed by atoms with van der Waals surface area (Å²) in [7, 11) is 1.76. The van der Waals surface area contributed by atoms with Crippen LogP contribution in [0.25, 0.3) is 0 Å². The molecule has 22 heavy (non-hydrogen) atoms. The van der Waals surface area contributed by atoms with E-state index in [1.165, 1.54) is 38.5 Å². The maximum Gasteiger partial charge on any atom is 0.197 e. The van der Waals surface area contributed by atoms with Crippen LogP contribution in [0.2, 0.25) is 0 Å². The van der Waals surface area contributed by atoms with Gasteiger partial charge in [-0.3, -0.25) is 0 Å². The van der Waals surface area contributed by atoms with E-state index in [-0.39, 0.29) is 0 Å². The number of hydrogen-bond acceptors (Lipinski definition) is 2. The fraction of sp³-hybridized carbons (Fsp3) is 0.700. The molecule has 0 fully saturated rings. The molecular formula is C20H34O2. The highest BCUT2D eigenvalue weighted by atomic mass is 16.7. The lowest BCUT2D eigenvalue weighted by molar-refractivity contribution is -0.260. The van der Waals surface area contributed by atoms with Gasteiger partial charge in [0.1, 0.15) is 0 Å². The molecule has 2 atom stereocenters. The van der Waals surface area contributed by atoms with Crippen molar-refractivity contribution in [3.8, 4) is 0 Å². The smallest absolute Gasteiger partial charge is 0.197 e. The van der Waals surface area contributed by atoms with E-state index in [0.717, 1.165) is 12.0 Å². The minimum absolute atomic E-state index is 0.339. The largest absolute Gasteiger partial charge is 0.349 e. The fourth-order valence-corrected chi connectivity index (χ4v) is 3.19. The van der Waals surface area contributed by atoms with Gasteiger partial charge in [0.05, 0.1) is 0 Å². The molecule has 1 rings (SSSR count). The van der Waals surface area contributed by atoms with E-state index in [9.17, 15) is 0 Å². The zero-order valence-corrected chi connectivity index (χ0v) is 14.9. The van der Waals surface area contributed by atoms with Crippen LogP contribution in [0.1, 0.15) is 71.3 Å². The van der Waals surface area contributed by atoms with Gasteiger partial charge in [0, 0.05) is 25.2 Å². The Morgan fingerprint density at radius 2 is 1.59 bits per heavy atom. The average molecular weight is 306 g/mol. The summed E-state index contributed by atoms with van der Waals surface area (Å²) in [6, 6.07) is 10.4. The van der Waals surface area contributed by atoms with Crippen molar-refractivity contribution in [1.82, 2.24) is 0 Å². The molecule has 0 bridgehead atoms. The Balaban J connectivity index is 2.63. The van der Waals surface area contributed by atoms with Gasteiger partial charge in [-0.25, -0.2) is 0 Å². The van der Waals surface area contributed by atoms with Gasteiger partial charge in [-0.1, -0.05) is 82.7 Å².